The Hall–Kier alpha value is -1.20. The van der Waals surface area contributed by atoms with Crippen molar-refractivity contribution in [3.8, 4) is 0 Å². The van der Waals surface area contributed by atoms with E-state index in [0.717, 1.165) is 35.0 Å². The Bertz CT molecular complexity index is 736. The van der Waals surface area contributed by atoms with E-state index in [1.54, 1.807) is 7.11 Å². The first kappa shape index (κ1) is 23.8. The van der Waals surface area contributed by atoms with Gasteiger partial charge in [-0.25, -0.2) is 4.99 Å². The van der Waals surface area contributed by atoms with E-state index in [4.69, 9.17) is 4.74 Å². The molecule has 0 spiro atoms. The molecule has 0 fully saturated rings. The van der Waals surface area contributed by atoms with Gasteiger partial charge in [0.15, 0.2) is 11.8 Å². The summed E-state index contributed by atoms with van der Waals surface area (Å²) in [6, 6.07) is 8.27. The zero-order chi connectivity index (χ0) is 18.9. The highest BCUT2D eigenvalue weighted by Gasteiger charge is 2.11. The summed E-state index contributed by atoms with van der Waals surface area (Å²) in [5.41, 5.74) is 1.17. The van der Waals surface area contributed by atoms with Crippen molar-refractivity contribution >= 4 is 45.9 Å². The van der Waals surface area contributed by atoms with Crippen LogP contribution in [-0.4, -0.2) is 41.0 Å². The van der Waals surface area contributed by atoms with E-state index in [1.165, 1.54) is 5.56 Å². The maximum Gasteiger partial charge on any atom is 0.192 e. The topological polar surface area (TPSA) is 76.4 Å². The molecule has 7 nitrogen and oxygen atoms in total. The van der Waals surface area contributed by atoms with Crippen LogP contribution < -0.4 is 10.6 Å². The largest absolute Gasteiger partial charge is 0.385 e. The van der Waals surface area contributed by atoms with Crippen LogP contribution in [0.3, 0.4) is 0 Å². The molecule has 0 radical (unpaired) electrons. The van der Waals surface area contributed by atoms with Gasteiger partial charge in [-0.15, -0.1) is 34.2 Å². The lowest BCUT2D eigenvalue weighted by Gasteiger charge is -2.19. The fourth-order valence-electron chi connectivity index (χ4n) is 2.42. The number of rotatable bonds is 8. The second-order valence-corrected chi connectivity index (χ2v) is 6.90. The number of benzene rings is 1. The van der Waals surface area contributed by atoms with Gasteiger partial charge in [0.2, 0.25) is 0 Å². The van der Waals surface area contributed by atoms with E-state index >= 15 is 0 Å². The Morgan fingerprint density at radius 1 is 1.33 bits per heavy atom. The molecule has 0 aliphatic carbocycles. The highest BCUT2D eigenvalue weighted by atomic mass is 127. The lowest BCUT2D eigenvalue weighted by Crippen LogP contribution is -2.39. The first-order chi connectivity index (χ1) is 12.5. The molecule has 0 bridgehead atoms. The van der Waals surface area contributed by atoms with Gasteiger partial charge in [-0.05, 0) is 31.9 Å². The molecule has 1 aromatic heterocycles. The predicted octanol–water partition coefficient (Wildman–Crippen LogP) is 3.34. The first-order valence-electron chi connectivity index (χ1n) is 8.66. The SMILES string of the molecule is COCCCNC(=NCc1nnc(C)n1C)NC(C)c1ccccc1Br.I. The minimum Gasteiger partial charge on any atom is -0.385 e. The Kier molecular flexibility index (Phi) is 10.9. The van der Waals surface area contributed by atoms with E-state index in [0.29, 0.717) is 13.2 Å². The molecule has 0 amide bonds. The Balaban J connectivity index is 0.00000364. The zero-order valence-electron chi connectivity index (χ0n) is 16.2. The minimum absolute atomic E-state index is 0. The number of nitrogens with zero attached hydrogens (tertiary/aromatic N) is 4. The summed E-state index contributed by atoms with van der Waals surface area (Å²) < 4.78 is 8.13. The van der Waals surface area contributed by atoms with E-state index in [2.05, 4.69) is 54.7 Å². The fourth-order valence-corrected chi connectivity index (χ4v) is 3.05. The van der Waals surface area contributed by atoms with Crippen LogP contribution in [0.4, 0.5) is 0 Å². The smallest absolute Gasteiger partial charge is 0.192 e. The first-order valence-corrected chi connectivity index (χ1v) is 9.45. The van der Waals surface area contributed by atoms with Gasteiger partial charge in [-0.3, -0.25) is 0 Å². The molecule has 0 saturated carbocycles. The Morgan fingerprint density at radius 2 is 2.07 bits per heavy atom. The maximum atomic E-state index is 5.11. The Labute approximate surface area is 186 Å². The number of guanidine groups is 1. The number of aromatic nitrogens is 3. The van der Waals surface area contributed by atoms with E-state index in [9.17, 15) is 0 Å². The minimum atomic E-state index is 0. The summed E-state index contributed by atoms with van der Waals surface area (Å²) in [6.07, 6.45) is 0.906. The third-order valence-electron chi connectivity index (χ3n) is 4.10. The number of methoxy groups -OCH3 is 1. The van der Waals surface area contributed by atoms with Crippen LogP contribution in [0, 0.1) is 6.92 Å². The van der Waals surface area contributed by atoms with E-state index < -0.39 is 0 Å². The van der Waals surface area contributed by atoms with Crippen LogP contribution >= 0.6 is 39.9 Å². The van der Waals surface area contributed by atoms with Gasteiger partial charge in [-0.2, -0.15) is 0 Å². The summed E-state index contributed by atoms with van der Waals surface area (Å²) in [7, 11) is 3.65. The van der Waals surface area contributed by atoms with Gasteiger partial charge >= 0.3 is 0 Å². The van der Waals surface area contributed by atoms with Crippen molar-refractivity contribution in [2.45, 2.75) is 32.9 Å². The van der Waals surface area contributed by atoms with Crippen molar-refractivity contribution in [1.82, 2.24) is 25.4 Å². The molecule has 1 heterocycles. The molecule has 0 saturated heterocycles. The molecule has 0 aliphatic heterocycles. The van der Waals surface area contributed by atoms with Crippen molar-refractivity contribution in [2.24, 2.45) is 12.0 Å². The number of aliphatic imine (C=N–C) groups is 1. The molecule has 9 heteroatoms. The predicted molar refractivity (Wildman–Crippen MR) is 122 cm³/mol. The molecule has 0 aliphatic rings. The van der Waals surface area contributed by atoms with Crippen LogP contribution in [0.15, 0.2) is 33.7 Å². The van der Waals surface area contributed by atoms with Crippen LogP contribution in [0.1, 0.15) is 36.6 Å². The average Bonchev–Trinajstić information content (AvgIpc) is 2.95. The van der Waals surface area contributed by atoms with Crippen molar-refractivity contribution in [2.75, 3.05) is 20.3 Å². The van der Waals surface area contributed by atoms with Crippen molar-refractivity contribution in [1.29, 1.82) is 0 Å². The molecule has 27 heavy (non-hydrogen) atoms. The monoisotopic (exact) mass is 550 g/mol. The molecule has 150 valence electrons. The van der Waals surface area contributed by atoms with E-state index in [1.807, 2.05) is 36.7 Å². The van der Waals surface area contributed by atoms with Crippen molar-refractivity contribution in [3.05, 3.63) is 46.0 Å². The fraction of sp³-hybridized carbons (Fsp3) is 0.500. The molecule has 2 N–H and O–H groups in total. The van der Waals surface area contributed by atoms with Gasteiger partial charge in [0.05, 0.1) is 6.04 Å². The normalized spacial score (nSPS) is 12.4. The zero-order valence-corrected chi connectivity index (χ0v) is 20.1. The number of hydrogen-bond acceptors (Lipinski definition) is 4. The standard InChI is InChI=1S/C18H27BrN6O.HI/c1-13(15-8-5-6-9-16(15)19)22-18(20-10-7-11-26-4)21-12-17-24-23-14(2)25(17)3;/h5-6,8-9,13H,7,10-12H2,1-4H3,(H2,20,21,22);1H. The third-order valence-corrected chi connectivity index (χ3v) is 4.83. The number of aryl methyl sites for hydroxylation is 1. The highest BCUT2D eigenvalue weighted by Crippen LogP contribution is 2.22. The molecule has 1 aromatic carbocycles. The summed E-state index contributed by atoms with van der Waals surface area (Å²) in [6.45, 7) is 5.98. The van der Waals surface area contributed by atoms with Crippen molar-refractivity contribution < 1.29 is 4.74 Å². The van der Waals surface area contributed by atoms with E-state index in [-0.39, 0.29) is 30.0 Å². The molecular formula is C18H28BrIN6O. The third kappa shape index (κ3) is 7.38. The molecule has 1 atom stereocenters. The van der Waals surface area contributed by atoms with Crippen LogP contribution in [0.2, 0.25) is 0 Å². The molecule has 1 unspecified atom stereocenters. The van der Waals surface area contributed by atoms with Crippen LogP contribution in [-0.2, 0) is 18.3 Å². The summed E-state index contributed by atoms with van der Waals surface area (Å²) in [5.74, 6) is 2.44. The summed E-state index contributed by atoms with van der Waals surface area (Å²) >= 11 is 3.61. The lowest BCUT2D eigenvalue weighted by atomic mass is 10.1. The van der Waals surface area contributed by atoms with Crippen LogP contribution in [0.5, 0.6) is 0 Å². The lowest BCUT2D eigenvalue weighted by molar-refractivity contribution is 0.195. The second-order valence-electron chi connectivity index (χ2n) is 6.05. The van der Waals surface area contributed by atoms with Gasteiger partial charge in [0.1, 0.15) is 12.4 Å². The average molecular weight is 551 g/mol. The molecular weight excluding hydrogens is 523 g/mol. The van der Waals surface area contributed by atoms with Gasteiger partial charge < -0.3 is 19.9 Å². The molecule has 2 rings (SSSR count). The number of nitrogens with one attached hydrogen (secondary N) is 2. The number of hydrogen-bond donors (Lipinski definition) is 2. The Morgan fingerprint density at radius 3 is 2.70 bits per heavy atom. The quantitative estimate of drug-likeness (QED) is 0.228. The second kappa shape index (κ2) is 12.3. The molecule has 2 aromatic rings. The maximum absolute atomic E-state index is 5.11. The number of halogens is 2. The van der Waals surface area contributed by atoms with Gasteiger partial charge in [0.25, 0.3) is 0 Å². The van der Waals surface area contributed by atoms with Gasteiger partial charge in [0, 0.05) is 31.8 Å². The highest BCUT2D eigenvalue weighted by molar-refractivity contribution is 14.0. The summed E-state index contributed by atoms with van der Waals surface area (Å²) in [4.78, 5) is 4.68. The van der Waals surface area contributed by atoms with Crippen LogP contribution in [0.25, 0.3) is 0 Å². The van der Waals surface area contributed by atoms with Crippen molar-refractivity contribution in [3.63, 3.8) is 0 Å². The summed E-state index contributed by atoms with van der Waals surface area (Å²) in [5, 5.41) is 15.1. The number of ether oxygens (including phenoxy) is 1. The van der Waals surface area contributed by atoms with Gasteiger partial charge in [-0.1, -0.05) is 34.1 Å².